The largest absolute Gasteiger partial charge is 0.429 e. The summed E-state index contributed by atoms with van der Waals surface area (Å²) in [6.45, 7) is 0. The topological polar surface area (TPSA) is 65.7 Å². The van der Waals surface area contributed by atoms with Gasteiger partial charge in [-0.05, 0) is 29.7 Å². The van der Waals surface area contributed by atoms with Crippen molar-refractivity contribution in [2.75, 3.05) is 0 Å². The summed E-state index contributed by atoms with van der Waals surface area (Å²) in [7, 11) is 0. The number of hydrogen-bond donors (Lipinski definition) is 0. The van der Waals surface area contributed by atoms with Gasteiger partial charge in [-0.1, -0.05) is 18.2 Å². The van der Waals surface area contributed by atoms with E-state index in [9.17, 15) is 17.6 Å². The average Bonchev–Trinajstić information content (AvgIpc) is 3.21. The minimum atomic E-state index is -4.57. The second kappa shape index (κ2) is 9.99. The van der Waals surface area contributed by atoms with Crippen LogP contribution < -0.4 is 5.10 Å². The predicted octanol–water partition coefficient (Wildman–Crippen LogP) is 4.20. The third-order valence-electron chi connectivity index (χ3n) is 3.31. The summed E-state index contributed by atoms with van der Waals surface area (Å²) < 4.78 is 48.9. The van der Waals surface area contributed by atoms with Crippen molar-refractivity contribution in [3.05, 3.63) is 84.7 Å². The fraction of sp³-hybridized carbons (Fsp3) is 0.0526. The Kier molecular flexibility index (Phi) is 7.69. The van der Waals surface area contributed by atoms with Gasteiger partial charge in [0.2, 0.25) is 0 Å². The van der Waals surface area contributed by atoms with Crippen LogP contribution in [-0.2, 0) is 26.3 Å². The Morgan fingerprint density at radius 3 is 2.00 bits per heavy atom. The Morgan fingerprint density at radius 1 is 0.862 bits per heavy atom. The Hall–Kier alpha value is -2.97. The summed E-state index contributed by atoms with van der Waals surface area (Å²) in [5, 5.41) is 6.25. The zero-order chi connectivity index (χ0) is 20.0. The summed E-state index contributed by atoms with van der Waals surface area (Å²) in [5.41, 5.74) is 1.88. The molecule has 3 aromatic heterocycles. The van der Waals surface area contributed by atoms with Gasteiger partial charge in [0.15, 0.2) is 0 Å². The van der Waals surface area contributed by atoms with Crippen molar-refractivity contribution < 1.29 is 37.7 Å². The van der Waals surface area contributed by atoms with E-state index in [1.54, 1.807) is 24.4 Å². The molecule has 0 spiro atoms. The van der Waals surface area contributed by atoms with Crippen LogP contribution in [0.4, 0.5) is 17.6 Å². The van der Waals surface area contributed by atoms with Crippen LogP contribution in [0.3, 0.4) is 0 Å². The Balaban J connectivity index is 0.000000202. The van der Waals surface area contributed by atoms with Crippen LogP contribution in [-0.4, -0.2) is 20.1 Å². The molecule has 0 bridgehead atoms. The smallest absolute Gasteiger partial charge is 0.413 e. The SMILES string of the molecule is FC(F)(F)c1n[n-]c(-c2ccccn2)n1.Fc1c[c-]c(-c2ccccn2)cc1.[Ir]. The van der Waals surface area contributed by atoms with E-state index in [0.717, 1.165) is 11.3 Å². The molecule has 0 fully saturated rings. The van der Waals surface area contributed by atoms with E-state index >= 15 is 0 Å². The van der Waals surface area contributed by atoms with Crippen LogP contribution in [0.25, 0.3) is 22.8 Å². The van der Waals surface area contributed by atoms with Crippen molar-refractivity contribution in [2.24, 2.45) is 0 Å². The van der Waals surface area contributed by atoms with Crippen LogP contribution in [0.15, 0.2) is 67.0 Å². The first-order valence-electron chi connectivity index (χ1n) is 7.88. The predicted molar refractivity (Wildman–Crippen MR) is 92.1 cm³/mol. The molecule has 0 aliphatic rings. The molecule has 0 aliphatic carbocycles. The van der Waals surface area contributed by atoms with Crippen LogP contribution in [0.1, 0.15) is 5.82 Å². The normalized spacial score (nSPS) is 10.5. The van der Waals surface area contributed by atoms with E-state index in [1.807, 2.05) is 18.2 Å². The zero-order valence-electron chi connectivity index (χ0n) is 14.4. The Morgan fingerprint density at radius 2 is 1.52 bits per heavy atom. The molecule has 0 aliphatic heterocycles. The van der Waals surface area contributed by atoms with Crippen molar-refractivity contribution in [1.82, 2.24) is 25.1 Å². The van der Waals surface area contributed by atoms with E-state index in [4.69, 9.17) is 0 Å². The monoisotopic (exact) mass is 578 g/mol. The summed E-state index contributed by atoms with van der Waals surface area (Å²) in [5.74, 6) is -1.65. The van der Waals surface area contributed by atoms with Gasteiger partial charge in [0, 0.05) is 38.3 Å². The molecule has 10 heteroatoms. The van der Waals surface area contributed by atoms with E-state index in [1.165, 1.54) is 24.4 Å². The molecule has 1 radical (unpaired) electrons. The van der Waals surface area contributed by atoms with Crippen LogP contribution in [0, 0.1) is 11.9 Å². The molecule has 0 saturated heterocycles. The minimum absolute atomic E-state index is 0. The number of benzene rings is 1. The van der Waals surface area contributed by atoms with Crippen molar-refractivity contribution >= 4 is 0 Å². The number of nitrogens with zero attached hydrogens (tertiary/aromatic N) is 5. The van der Waals surface area contributed by atoms with Gasteiger partial charge in [-0.25, -0.2) is 0 Å². The van der Waals surface area contributed by atoms with Gasteiger partial charge in [-0.3, -0.25) is 14.5 Å². The number of rotatable bonds is 2. The van der Waals surface area contributed by atoms with Crippen molar-refractivity contribution in [3.63, 3.8) is 0 Å². The third-order valence-corrected chi connectivity index (χ3v) is 3.31. The fourth-order valence-electron chi connectivity index (χ4n) is 2.05. The van der Waals surface area contributed by atoms with Gasteiger partial charge in [0.25, 0.3) is 0 Å². The quantitative estimate of drug-likeness (QED) is 0.264. The number of pyridine rings is 2. The summed E-state index contributed by atoms with van der Waals surface area (Å²) in [4.78, 5) is 11.2. The third kappa shape index (κ3) is 6.27. The maximum absolute atomic E-state index is 12.6. The standard InChI is InChI=1S/C11H7FN.C8H4F3N4.Ir/c12-10-6-4-9(5-7-10)11-3-1-2-8-13-11;9-8(10,11)7-13-6(14-15-7)5-3-1-2-4-12-5;/h1-4,6-8H;1-4H;/q2*-1;. The summed E-state index contributed by atoms with van der Waals surface area (Å²) in [6, 6.07) is 17.6. The number of hydrogen-bond acceptors (Lipinski definition) is 4. The molecule has 29 heavy (non-hydrogen) atoms. The molecule has 1 aromatic carbocycles. The molecule has 5 nitrogen and oxygen atoms in total. The molecule has 151 valence electrons. The van der Waals surface area contributed by atoms with E-state index in [2.05, 4.69) is 31.2 Å². The van der Waals surface area contributed by atoms with Gasteiger partial charge in [0.1, 0.15) is 5.82 Å². The molecule has 0 unspecified atom stereocenters. The minimum Gasteiger partial charge on any atom is -0.413 e. The van der Waals surface area contributed by atoms with Gasteiger partial charge in [-0.15, -0.1) is 29.8 Å². The Bertz CT molecular complexity index is 1010. The van der Waals surface area contributed by atoms with Crippen LogP contribution >= 0.6 is 0 Å². The molecule has 0 saturated carbocycles. The second-order valence-electron chi connectivity index (χ2n) is 5.31. The molecule has 4 rings (SSSR count). The number of halogens is 4. The maximum Gasteiger partial charge on any atom is 0.429 e. The van der Waals surface area contributed by atoms with Crippen LogP contribution in [0.2, 0.25) is 0 Å². The second-order valence-corrected chi connectivity index (χ2v) is 5.31. The van der Waals surface area contributed by atoms with Crippen molar-refractivity contribution in [3.8, 4) is 22.8 Å². The summed E-state index contributed by atoms with van der Waals surface area (Å²) >= 11 is 0. The molecular weight excluding hydrogens is 566 g/mol. The van der Waals surface area contributed by atoms with Gasteiger partial charge in [-0.2, -0.15) is 13.2 Å². The molecule has 3 heterocycles. The van der Waals surface area contributed by atoms with Crippen LogP contribution in [0.5, 0.6) is 0 Å². The van der Waals surface area contributed by atoms with E-state index in [0.29, 0.717) is 0 Å². The maximum atomic E-state index is 12.6. The van der Waals surface area contributed by atoms with E-state index in [-0.39, 0.29) is 37.4 Å². The molecule has 0 N–H and O–H groups in total. The number of alkyl halides is 3. The Labute approximate surface area is 176 Å². The molecule has 0 amide bonds. The summed E-state index contributed by atoms with van der Waals surface area (Å²) in [6.07, 6.45) is -1.43. The van der Waals surface area contributed by atoms with Gasteiger partial charge in [0.05, 0.1) is 5.69 Å². The molecular formula is C19H11F4IrN5-2. The fourth-order valence-corrected chi connectivity index (χ4v) is 2.05. The zero-order valence-corrected chi connectivity index (χ0v) is 16.8. The molecule has 4 aromatic rings. The number of aromatic nitrogens is 5. The first kappa shape index (κ1) is 22.3. The van der Waals surface area contributed by atoms with Crippen molar-refractivity contribution in [1.29, 1.82) is 0 Å². The average molecular weight is 578 g/mol. The first-order chi connectivity index (χ1) is 13.4. The van der Waals surface area contributed by atoms with Crippen molar-refractivity contribution in [2.45, 2.75) is 6.18 Å². The van der Waals surface area contributed by atoms with Gasteiger partial charge >= 0.3 is 6.18 Å². The first-order valence-corrected chi connectivity index (χ1v) is 7.88. The van der Waals surface area contributed by atoms with Gasteiger partial charge < -0.3 is 15.1 Å². The van der Waals surface area contributed by atoms with E-state index < -0.39 is 12.0 Å². The molecule has 0 atom stereocenters.